The quantitative estimate of drug-likeness (QED) is 0.570. The molecule has 2 amide bonds. The van der Waals surface area contributed by atoms with Crippen molar-refractivity contribution in [3.63, 3.8) is 0 Å². The Morgan fingerprint density at radius 2 is 2.03 bits per heavy atom. The van der Waals surface area contributed by atoms with Crippen molar-refractivity contribution in [1.29, 1.82) is 5.26 Å². The van der Waals surface area contributed by atoms with Gasteiger partial charge in [0.25, 0.3) is 5.88 Å². The summed E-state index contributed by atoms with van der Waals surface area (Å²) in [6.07, 6.45) is 4.22. The largest absolute Gasteiger partial charge is 0.468 e. The third-order valence-electron chi connectivity index (χ3n) is 5.90. The molecule has 2 aromatic heterocycles. The van der Waals surface area contributed by atoms with Crippen molar-refractivity contribution in [3.8, 4) is 23.5 Å². The van der Waals surface area contributed by atoms with Crippen LogP contribution in [0.15, 0.2) is 35.7 Å². The number of nitriles is 1. The molecular weight excluding hydrogens is 458 g/mol. The van der Waals surface area contributed by atoms with Crippen LogP contribution in [0, 0.1) is 29.9 Å². The Kier molecular flexibility index (Phi) is 5.60. The predicted molar refractivity (Wildman–Crippen MR) is 119 cm³/mol. The molecule has 35 heavy (non-hydrogen) atoms. The van der Waals surface area contributed by atoms with Gasteiger partial charge >= 0.3 is 6.03 Å². The van der Waals surface area contributed by atoms with E-state index in [-0.39, 0.29) is 36.4 Å². The Morgan fingerprint density at radius 3 is 2.74 bits per heavy atom. The summed E-state index contributed by atoms with van der Waals surface area (Å²) in [6.45, 7) is 2.26. The van der Waals surface area contributed by atoms with E-state index in [1.54, 1.807) is 30.2 Å². The first-order valence-electron chi connectivity index (χ1n) is 10.8. The van der Waals surface area contributed by atoms with Gasteiger partial charge < -0.3 is 9.64 Å². The first-order chi connectivity index (χ1) is 16.8. The number of ether oxygens (including phenoxy) is 1. The molecule has 178 valence electrons. The topological polar surface area (TPSA) is 113 Å². The maximum absolute atomic E-state index is 14.3. The molecular formula is C23H20F2N8O2. The monoisotopic (exact) mass is 478 g/mol. The number of benzene rings is 1. The lowest BCUT2D eigenvalue weighted by Crippen LogP contribution is -2.59. The maximum atomic E-state index is 14.3. The van der Waals surface area contributed by atoms with Crippen LogP contribution in [-0.4, -0.2) is 61.1 Å². The first-order valence-corrected chi connectivity index (χ1v) is 10.8. The van der Waals surface area contributed by atoms with Crippen molar-refractivity contribution in [2.24, 2.45) is 12.1 Å². The molecule has 1 saturated heterocycles. The summed E-state index contributed by atoms with van der Waals surface area (Å²) in [5.74, 6) is -1.17. The normalized spacial score (nSPS) is 17.4. The average molecular weight is 478 g/mol. The van der Waals surface area contributed by atoms with Gasteiger partial charge in [-0.2, -0.15) is 24.8 Å². The molecule has 0 aliphatic carbocycles. The van der Waals surface area contributed by atoms with E-state index >= 15 is 0 Å². The molecule has 4 heterocycles. The second kappa shape index (κ2) is 8.75. The second-order valence-corrected chi connectivity index (χ2v) is 8.35. The van der Waals surface area contributed by atoms with Crippen LogP contribution in [0.2, 0.25) is 0 Å². The molecule has 1 unspecified atom stereocenters. The first kappa shape index (κ1) is 22.4. The standard InChI is InChI=1S/C23H20F2N8O2/c1-13-9-29-31(2)20(13)21-27-10-18(25)22(30-21)35-17-11-32(12-17)23(34)33-19(3-4-28-33)15-5-14(8-26)6-16(24)7-15/h4-7,9-10,17,19H,3,11-12H2,1-2H3. The van der Waals surface area contributed by atoms with E-state index in [9.17, 15) is 13.6 Å². The van der Waals surface area contributed by atoms with Crippen LogP contribution in [0.1, 0.15) is 29.2 Å². The maximum Gasteiger partial charge on any atom is 0.341 e. The van der Waals surface area contributed by atoms with E-state index in [1.165, 1.54) is 16.0 Å². The smallest absolute Gasteiger partial charge is 0.341 e. The minimum atomic E-state index is -0.707. The number of halogens is 2. The molecule has 1 atom stereocenters. The molecule has 1 aromatic carbocycles. The molecule has 2 aliphatic heterocycles. The van der Waals surface area contributed by atoms with Gasteiger partial charge in [-0.15, -0.1) is 0 Å². The Labute approximate surface area is 199 Å². The summed E-state index contributed by atoms with van der Waals surface area (Å²) in [5.41, 5.74) is 2.15. The number of nitrogens with zero attached hydrogens (tertiary/aromatic N) is 8. The van der Waals surface area contributed by atoms with Crippen molar-refractivity contribution >= 4 is 12.2 Å². The van der Waals surface area contributed by atoms with Crippen molar-refractivity contribution in [2.45, 2.75) is 25.5 Å². The SMILES string of the molecule is Cc1cnn(C)c1-c1ncc(F)c(OC2CN(C(=O)N3N=CCC3c3cc(F)cc(C#N)c3)C2)n1. The van der Waals surface area contributed by atoms with Gasteiger partial charge in [0.2, 0.25) is 5.82 Å². The van der Waals surface area contributed by atoms with Crippen molar-refractivity contribution < 1.29 is 18.3 Å². The highest BCUT2D eigenvalue weighted by Gasteiger charge is 2.39. The molecule has 1 fully saturated rings. The van der Waals surface area contributed by atoms with Crippen molar-refractivity contribution in [2.75, 3.05) is 13.1 Å². The molecule has 0 bridgehead atoms. The van der Waals surface area contributed by atoms with Crippen molar-refractivity contribution in [3.05, 3.63) is 58.9 Å². The fraction of sp³-hybridized carbons (Fsp3) is 0.304. The van der Waals surface area contributed by atoms with Crippen LogP contribution in [0.5, 0.6) is 5.88 Å². The van der Waals surface area contributed by atoms with Gasteiger partial charge in [-0.25, -0.2) is 19.2 Å². The van der Waals surface area contributed by atoms with Gasteiger partial charge in [-0.1, -0.05) is 0 Å². The van der Waals surface area contributed by atoms with E-state index in [0.29, 0.717) is 17.7 Å². The van der Waals surface area contributed by atoms with Crippen LogP contribution < -0.4 is 4.74 Å². The number of urea groups is 1. The minimum absolute atomic E-state index is 0.171. The lowest BCUT2D eigenvalue weighted by Gasteiger charge is -2.40. The highest BCUT2D eigenvalue weighted by molar-refractivity contribution is 5.79. The number of carbonyl (C=O) groups excluding carboxylic acids is 1. The molecule has 3 aromatic rings. The van der Waals surface area contributed by atoms with Gasteiger partial charge in [0.1, 0.15) is 17.6 Å². The lowest BCUT2D eigenvalue weighted by molar-refractivity contribution is 0.0230. The van der Waals surface area contributed by atoms with Crippen LogP contribution in [0.4, 0.5) is 13.6 Å². The Bertz CT molecular complexity index is 1360. The fourth-order valence-corrected chi connectivity index (χ4v) is 4.13. The highest BCUT2D eigenvalue weighted by atomic mass is 19.1. The van der Waals surface area contributed by atoms with E-state index in [1.807, 2.05) is 13.0 Å². The van der Waals surface area contributed by atoms with Gasteiger partial charge in [0.15, 0.2) is 5.82 Å². The van der Waals surface area contributed by atoms with Crippen LogP contribution in [-0.2, 0) is 7.05 Å². The summed E-state index contributed by atoms with van der Waals surface area (Å²) < 4.78 is 35.6. The molecule has 0 spiro atoms. The third kappa shape index (κ3) is 4.16. The number of hydrazone groups is 1. The number of likely N-dealkylation sites (tertiary alicyclic amines) is 1. The Balaban J connectivity index is 1.25. The van der Waals surface area contributed by atoms with Crippen LogP contribution in [0.25, 0.3) is 11.5 Å². The van der Waals surface area contributed by atoms with Crippen molar-refractivity contribution in [1.82, 2.24) is 29.7 Å². The van der Waals surface area contributed by atoms with Gasteiger partial charge in [0.05, 0.1) is 43.2 Å². The zero-order valence-corrected chi connectivity index (χ0v) is 18.9. The second-order valence-electron chi connectivity index (χ2n) is 8.35. The lowest BCUT2D eigenvalue weighted by atomic mass is 10.0. The molecule has 0 radical (unpaired) electrons. The number of amides is 2. The molecule has 10 nitrogen and oxygen atoms in total. The zero-order valence-electron chi connectivity index (χ0n) is 18.9. The molecule has 12 heteroatoms. The molecule has 0 N–H and O–H groups in total. The zero-order chi connectivity index (χ0) is 24.7. The summed E-state index contributed by atoms with van der Waals surface area (Å²) in [6, 6.07) is 4.98. The van der Waals surface area contributed by atoms with Gasteiger partial charge in [0, 0.05) is 19.7 Å². The Morgan fingerprint density at radius 1 is 1.23 bits per heavy atom. The number of hydrogen-bond acceptors (Lipinski definition) is 7. The number of carbonyl (C=O) groups is 1. The minimum Gasteiger partial charge on any atom is -0.468 e. The third-order valence-corrected chi connectivity index (χ3v) is 5.90. The van der Waals surface area contributed by atoms with Gasteiger partial charge in [-0.05, 0) is 36.2 Å². The Hall–Kier alpha value is -4.40. The van der Waals surface area contributed by atoms with E-state index in [4.69, 9.17) is 10.00 Å². The summed E-state index contributed by atoms with van der Waals surface area (Å²) in [4.78, 5) is 22.8. The van der Waals surface area contributed by atoms with E-state index < -0.39 is 23.8 Å². The average Bonchev–Trinajstić information content (AvgIpc) is 3.43. The summed E-state index contributed by atoms with van der Waals surface area (Å²) in [7, 11) is 1.74. The van der Waals surface area contributed by atoms with Gasteiger partial charge in [-0.3, -0.25) is 4.68 Å². The number of aryl methyl sites for hydroxylation is 2. The summed E-state index contributed by atoms with van der Waals surface area (Å²) in [5, 5.41) is 18.7. The fourth-order valence-electron chi connectivity index (χ4n) is 4.13. The number of rotatable bonds is 4. The van der Waals surface area contributed by atoms with E-state index in [0.717, 1.165) is 17.8 Å². The summed E-state index contributed by atoms with van der Waals surface area (Å²) >= 11 is 0. The predicted octanol–water partition coefficient (Wildman–Crippen LogP) is 2.95. The van der Waals surface area contributed by atoms with E-state index in [2.05, 4.69) is 20.2 Å². The molecule has 0 saturated carbocycles. The molecule has 5 rings (SSSR count). The van der Waals surface area contributed by atoms with Crippen LogP contribution >= 0.6 is 0 Å². The highest BCUT2D eigenvalue weighted by Crippen LogP contribution is 2.32. The molecule has 2 aliphatic rings. The van der Waals surface area contributed by atoms with Crippen LogP contribution in [0.3, 0.4) is 0 Å². The number of aromatic nitrogens is 4. The number of hydrogen-bond donors (Lipinski definition) is 0.